The summed E-state index contributed by atoms with van der Waals surface area (Å²) in [5.41, 5.74) is 1.30. The lowest BCUT2D eigenvalue weighted by atomic mass is 10.1. The number of likely N-dealkylation sites (N-methyl/N-ethyl adjacent to an activating group) is 1. The predicted octanol–water partition coefficient (Wildman–Crippen LogP) is 2.24. The molecule has 2 rings (SSSR count). The van der Waals surface area contributed by atoms with Crippen molar-refractivity contribution in [1.82, 2.24) is 15.1 Å². The van der Waals surface area contributed by atoms with E-state index in [-0.39, 0.29) is 0 Å². The van der Waals surface area contributed by atoms with Crippen molar-refractivity contribution in [3.05, 3.63) is 40.3 Å². The first-order chi connectivity index (χ1) is 8.28. The molecule has 0 amide bonds. The van der Waals surface area contributed by atoms with Crippen molar-refractivity contribution in [2.45, 2.75) is 25.8 Å². The zero-order valence-electron chi connectivity index (χ0n) is 10.4. The Morgan fingerprint density at radius 3 is 2.94 bits per heavy atom. The average molecular weight is 249 g/mol. The van der Waals surface area contributed by atoms with Crippen LogP contribution in [0.5, 0.6) is 0 Å². The Labute approximate surface area is 106 Å². The summed E-state index contributed by atoms with van der Waals surface area (Å²) in [5, 5.41) is 9.91. The van der Waals surface area contributed by atoms with Gasteiger partial charge in [-0.05, 0) is 36.4 Å². The quantitative estimate of drug-likeness (QED) is 0.851. The highest BCUT2D eigenvalue weighted by molar-refractivity contribution is 7.09. The summed E-state index contributed by atoms with van der Waals surface area (Å²) in [6, 6.07) is 4.83. The molecule has 3 nitrogen and oxygen atoms in total. The van der Waals surface area contributed by atoms with Gasteiger partial charge in [0, 0.05) is 24.2 Å². The van der Waals surface area contributed by atoms with Crippen LogP contribution in [0.3, 0.4) is 0 Å². The maximum absolute atomic E-state index is 4.22. The van der Waals surface area contributed by atoms with E-state index < -0.39 is 0 Å². The molecular formula is C13H19N3S. The molecule has 0 aliphatic rings. The van der Waals surface area contributed by atoms with Crippen LogP contribution in [-0.4, -0.2) is 22.4 Å². The molecule has 1 N–H and O–H groups in total. The van der Waals surface area contributed by atoms with Crippen LogP contribution in [0.15, 0.2) is 29.9 Å². The van der Waals surface area contributed by atoms with Crippen molar-refractivity contribution in [2.75, 3.05) is 6.54 Å². The molecule has 0 fully saturated rings. The zero-order chi connectivity index (χ0) is 12.1. The number of aryl methyl sites for hydroxylation is 1. The Morgan fingerprint density at radius 2 is 2.35 bits per heavy atom. The van der Waals surface area contributed by atoms with E-state index in [1.165, 1.54) is 10.4 Å². The van der Waals surface area contributed by atoms with Gasteiger partial charge in [-0.2, -0.15) is 5.10 Å². The molecule has 0 bridgehead atoms. The van der Waals surface area contributed by atoms with E-state index in [0.29, 0.717) is 6.04 Å². The second-order valence-corrected chi connectivity index (χ2v) is 5.30. The molecule has 2 aromatic rings. The summed E-state index contributed by atoms with van der Waals surface area (Å²) >= 11 is 1.83. The molecule has 0 aliphatic heterocycles. The average Bonchev–Trinajstić information content (AvgIpc) is 2.91. The van der Waals surface area contributed by atoms with Gasteiger partial charge in [0.1, 0.15) is 0 Å². The molecule has 2 heterocycles. The summed E-state index contributed by atoms with van der Waals surface area (Å²) in [4.78, 5) is 1.44. The summed E-state index contributed by atoms with van der Waals surface area (Å²) in [6.07, 6.45) is 6.19. The van der Waals surface area contributed by atoms with Gasteiger partial charge >= 0.3 is 0 Å². The van der Waals surface area contributed by atoms with Gasteiger partial charge < -0.3 is 5.32 Å². The van der Waals surface area contributed by atoms with E-state index in [1.54, 1.807) is 0 Å². The van der Waals surface area contributed by atoms with Crippen LogP contribution in [-0.2, 0) is 19.9 Å². The minimum atomic E-state index is 0.503. The van der Waals surface area contributed by atoms with Crippen molar-refractivity contribution < 1.29 is 0 Å². The molecular weight excluding hydrogens is 230 g/mol. The molecule has 1 unspecified atom stereocenters. The van der Waals surface area contributed by atoms with Crippen LogP contribution in [0.1, 0.15) is 17.4 Å². The Bertz CT molecular complexity index is 433. The van der Waals surface area contributed by atoms with Gasteiger partial charge in [0.15, 0.2) is 0 Å². The highest BCUT2D eigenvalue weighted by Gasteiger charge is 2.11. The van der Waals surface area contributed by atoms with Crippen LogP contribution >= 0.6 is 11.3 Å². The second-order valence-electron chi connectivity index (χ2n) is 4.26. The number of hydrogen-bond donors (Lipinski definition) is 1. The van der Waals surface area contributed by atoms with Gasteiger partial charge in [0.25, 0.3) is 0 Å². The monoisotopic (exact) mass is 249 g/mol. The number of hydrogen-bond acceptors (Lipinski definition) is 3. The van der Waals surface area contributed by atoms with E-state index in [2.05, 4.69) is 41.0 Å². The smallest absolute Gasteiger partial charge is 0.0522 e. The van der Waals surface area contributed by atoms with Gasteiger partial charge in [-0.25, -0.2) is 0 Å². The summed E-state index contributed by atoms with van der Waals surface area (Å²) in [6.45, 7) is 3.17. The fourth-order valence-electron chi connectivity index (χ4n) is 2.04. The fraction of sp³-hybridized carbons (Fsp3) is 0.462. The number of nitrogens with one attached hydrogen (secondary N) is 1. The second kappa shape index (κ2) is 5.98. The number of aromatic nitrogens is 2. The molecule has 0 aliphatic carbocycles. The Morgan fingerprint density at radius 1 is 1.47 bits per heavy atom. The van der Waals surface area contributed by atoms with Crippen molar-refractivity contribution in [2.24, 2.45) is 7.05 Å². The SMILES string of the molecule is CCNC(Cc1cnn(C)c1)Cc1cccs1. The van der Waals surface area contributed by atoms with E-state index in [1.807, 2.05) is 29.3 Å². The van der Waals surface area contributed by atoms with Gasteiger partial charge in [-0.3, -0.25) is 4.68 Å². The van der Waals surface area contributed by atoms with E-state index in [4.69, 9.17) is 0 Å². The number of rotatable bonds is 6. The van der Waals surface area contributed by atoms with E-state index in [0.717, 1.165) is 19.4 Å². The van der Waals surface area contributed by atoms with Crippen LogP contribution in [0.4, 0.5) is 0 Å². The largest absolute Gasteiger partial charge is 0.314 e. The standard InChI is InChI=1S/C13H19N3S/c1-3-14-12(8-13-5-4-6-17-13)7-11-9-15-16(2)10-11/h4-6,9-10,12,14H,3,7-8H2,1-2H3. The maximum Gasteiger partial charge on any atom is 0.0522 e. The molecule has 0 saturated heterocycles. The Kier molecular flexibility index (Phi) is 4.34. The third-order valence-corrected chi connectivity index (χ3v) is 3.66. The van der Waals surface area contributed by atoms with Gasteiger partial charge in [0.05, 0.1) is 6.20 Å². The molecule has 92 valence electrons. The first kappa shape index (κ1) is 12.3. The highest BCUT2D eigenvalue weighted by Crippen LogP contribution is 2.13. The van der Waals surface area contributed by atoms with Crippen LogP contribution in [0, 0.1) is 0 Å². The lowest BCUT2D eigenvalue weighted by Crippen LogP contribution is -2.32. The van der Waals surface area contributed by atoms with E-state index in [9.17, 15) is 0 Å². The van der Waals surface area contributed by atoms with Crippen molar-refractivity contribution in [3.63, 3.8) is 0 Å². The topological polar surface area (TPSA) is 29.9 Å². The minimum Gasteiger partial charge on any atom is -0.314 e. The molecule has 2 aromatic heterocycles. The van der Waals surface area contributed by atoms with Gasteiger partial charge in [-0.1, -0.05) is 13.0 Å². The Hall–Kier alpha value is -1.13. The summed E-state index contributed by atoms with van der Waals surface area (Å²) < 4.78 is 1.86. The van der Waals surface area contributed by atoms with Crippen LogP contribution < -0.4 is 5.32 Å². The Balaban J connectivity index is 1.97. The third-order valence-electron chi connectivity index (χ3n) is 2.76. The van der Waals surface area contributed by atoms with Crippen molar-refractivity contribution in [1.29, 1.82) is 0 Å². The van der Waals surface area contributed by atoms with Crippen LogP contribution in [0.25, 0.3) is 0 Å². The summed E-state index contributed by atoms with van der Waals surface area (Å²) in [7, 11) is 1.96. The van der Waals surface area contributed by atoms with Crippen LogP contribution in [0.2, 0.25) is 0 Å². The maximum atomic E-state index is 4.22. The lowest BCUT2D eigenvalue weighted by molar-refractivity contribution is 0.524. The van der Waals surface area contributed by atoms with Crippen molar-refractivity contribution in [3.8, 4) is 0 Å². The van der Waals surface area contributed by atoms with Gasteiger partial charge in [-0.15, -0.1) is 11.3 Å². The lowest BCUT2D eigenvalue weighted by Gasteiger charge is -2.16. The minimum absolute atomic E-state index is 0.503. The third kappa shape index (κ3) is 3.68. The van der Waals surface area contributed by atoms with E-state index >= 15 is 0 Å². The highest BCUT2D eigenvalue weighted by atomic mass is 32.1. The normalized spacial score (nSPS) is 12.8. The van der Waals surface area contributed by atoms with Gasteiger partial charge in [0.2, 0.25) is 0 Å². The first-order valence-corrected chi connectivity index (χ1v) is 6.89. The summed E-state index contributed by atoms with van der Waals surface area (Å²) in [5.74, 6) is 0. The zero-order valence-corrected chi connectivity index (χ0v) is 11.2. The first-order valence-electron chi connectivity index (χ1n) is 6.01. The molecule has 0 spiro atoms. The fourth-order valence-corrected chi connectivity index (χ4v) is 2.83. The molecule has 0 aromatic carbocycles. The van der Waals surface area contributed by atoms with Crippen molar-refractivity contribution >= 4 is 11.3 Å². The molecule has 17 heavy (non-hydrogen) atoms. The number of thiophene rings is 1. The molecule has 0 saturated carbocycles. The number of nitrogens with zero attached hydrogens (tertiary/aromatic N) is 2. The molecule has 0 radical (unpaired) electrons. The predicted molar refractivity (Wildman–Crippen MR) is 72.4 cm³/mol. The molecule has 4 heteroatoms. The molecule has 1 atom stereocenters.